The average molecular weight is 1970 g/mol. The Labute approximate surface area is 859 Å². The molecule has 0 saturated carbocycles. The maximum absolute atomic E-state index is 12.4. The number of unbranched alkanes of at least 4 members (excludes halogenated alkanes) is 10. The number of esters is 6. The Morgan fingerprint density at radius 3 is 0.657 bits per heavy atom. The summed E-state index contributed by atoms with van der Waals surface area (Å²) in [6, 6.07) is 10.8. The second-order valence-corrected chi connectivity index (χ2v) is 55.9. The molecule has 21 heteroatoms. The largest absolute Gasteiger partial charge is 0.462 e. The molecule has 0 bridgehead atoms. The normalized spacial score (nSPS) is 24.9. The Balaban J connectivity index is 0.000000358. The molecular weight excluding hydrogens is 1750 g/mol. The molecule has 1 aromatic rings. The summed E-state index contributed by atoms with van der Waals surface area (Å²) >= 11 is 0. The Morgan fingerprint density at radius 1 is 0.257 bits per heavy atom. The van der Waals surface area contributed by atoms with E-state index in [1.165, 1.54) is 63.5 Å². The first-order valence-corrected chi connectivity index (χ1v) is 54.9. The van der Waals surface area contributed by atoms with Gasteiger partial charge < -0.3 is 54.6 Å². The van der Waals surface area contributed by atoms with E-state index in [0.29, 0.717) is 59.0 Å². The van der Waals surface area contributed by atoms with Crippen LogP contribution in [0.5, 0.6) is 0 Å². The number of carbonyl (C=O) groups excluding carboxylic acids is 6. The smallest absolute Gasteiger partial charge is 0.333 e. The van der Waals surface area contributed by atoms with Gasteiger partial charge in [0.25, 0.3) is 0 Å². The van der Waals surface area contributed by atoms with Crippen LogP contribution in [0.2, 0.25) is 0 Å². The number of piperidine rings is 9. The fraction of sp³-hybridized carbons (Fsp3) is 0.866. The molecule has 9 aliphatic heterocycles. The molecule has 0 radical (unpaired) electrons. The zero-order chi connectivity index (χ0) is 107. The number of rotatable bonds is 27. The van der Waals surface area contributed by atoms with Crippen molar-refractivity contribution in [1.29, 1.82) is 0 Å². The Bertz CT molecular complexity index is 3780. The summed E-state index contributed by atoms with van der Waals surface area (Å²) < 4.78 is 34.2. The molecular formula is C119H219N9O12. The number of likely N-dealkylation sites (tertiary alicyclic amines) is 4. The van der Waals surface area contributed by atoms with Crippen molar-refractivity contribution in [3.63, 3.8) is 0 Å². The maximum Gasteiger partial charge on any atom is 0.333 e. The van der Waals surface area contributed by atoms with Crippen LogP contribution in [-0.2, 0) is 57.2 Å². The quantitative estimate of drug-likeness (QED) is 0.0278. The Kier molecular flexibility index (Phi) is 46.6. The predicted octanol–water partition coefficient (Wildman–Crippen LogP) is 26.7. The van der Waals surface area contributed by atoms with Gasteiger partial charge in [0, 0.05) is 219 Å². The van der Waals surface area contributed by atoms with Gasteiger partial charge >= 0.3 is 35.8 Å². The standard InChI is InChI=1S/C30H56N2O4.C28H52N2O4.C15H23N.C14H25NO2.C13H23NO2.C10H21N.C9H19N/c1-27(2)19-23(20-28(3,4)31(27)9)35-25(33)17-15-13-11-12-14-16-18-26(34)36-24-21-29(5,6)32(10)30(7,8)22-24;1-25(2)17-21(18-26(3,4)29-25)33-23(31)15-13-11-9-10-12-14-16-24(32)34-22-19-27(5,6)30-28(7,8)20-22;1-14(2)11-8-12-15(3,4)16(14)13-9-6-5-7-10-13;1-10(2)12(16)17-11-8-13(3,4)15(7)14(5,6)9-11;1-9(2)11(15)16-10-7-12(3,4)14-13(5,6)8-10;1-9(2)7-6-8-10(3,4)11(9)5;1-8(2)6-5-7-9(3,4)10-8/h23-24H,11-22H2,1-10H3;21-22,29-30H,9-20H2,1-8H3;5-7,9-10H,8,11-12H2,1-4H3;11H,1,8-9H2,2-7H3;10,14H,1,7-8H2,2-6H3;6-8H2,1-5H3;10H,5-7H2,1-4H3. The van der Waals surface area contributed by atoms with E-state index >= 15 is 0 Å². The minimum Gasteiger partial charge on any atom is -0.462 e. The van der Waals surface area contributed by atoms with Gasteiger partial charge in [0.2, 0.25) is 0 Å². The van der Waals surface area contributed by atoms with Crippen molar-refractivity contribution in [1.82, 2.24) is 40.9 Å². The van der Waals surface area contributed by atoms with E-state index in [1.807, 2.05) is 0 Å². The third-order valence-corrected chi connectivity index (χ3v) is 32.2. The van der Waals surface area contributed by atoms with Gasteiger partial charge in [-0.2, -0.15) is 0 Å². The minimum absolute atomic E-state index is 0.000484. The van der Waals surface area contributed by atoms with Gasteiger partial charge in [-0.3, -0.25) is 38.8 Å². The van der Waals surface area contributed by atoms with Gasteiger partial charge in [0.15, 0.2) is 0 Å². The van der Waals surface area contributed by atoms with E-state index in [2.05, 4.69) is 367 Å². The van der Waals surface area contributed by atoms with Gasteiger partial charge in [-0.25, -0.2) is 9.59 Å². The van der Waals surface area contributed by atoms with Gasteiger partial charge in [-0.05, 0) is 387 Å². The highest BCUT2D eigenvalue weighted by molar-refractivity contribution is 5.87. The van der Waals surface area contributed by atoms with Crippen molar-refractivity contribution in [3.8, 4) is 0 Å². The predicted molar refractivity (Wildman–Crippen MR) is 586 cm³/mol. The highest BCUT2D eigenvalue weighted by Gasteiger charge is 2.50. The summed E-state index contributed by atoms with van der Waals surface area (Å²) in [4.78, 5) is 84.7. The number of ether oxygens (including phenoxy) is 6. The molecule has 9 heterocycles. The summed E-state index contributed by atoms with van der Waals surface area (Å²) in [6.45, 7) is 91.0. The SMILES string of the molecule is C=C(C)C(=O)OC1CC(C)(C)N(C)C(C)(C)C1.C=C(C)C(=O)OC1CC(C)(C)NC(C)(C)C1.CC1(C)CC(OC(=O)CCCCCCCCC(=O)OC2CC(C)(C)NC(C)(C)C2)CC(C)(C)N1.CC1(C)CCCC(C)(C)N1.CC1(C)CCCC(C)(C)N1c1ccccc1.CN1C(C)(C)CC(OC(=O)CCCCCCCCC(=O)OC2CC(C)(C)N(C)C(C)(C)C2)CC1(C)C.CN1C(C)(C)CCCC1(C)C. The average Bonchev–Trinajstić information content (AvgIpc) is 0.754. The third kappa shape index (κ3) is 44.2. The van der Waals surface area contributed by atoms with Crippen molar-refractivity contribution in [2.24, 2.45) is 0 Å². The van der Waals surface area contributed by atoms with Crippen LogP contribution in [0.3, 0.4) is 0 Å². The topological polar surface area (TPSA) is 222 Å². The highest BCUT2D eigenvalue weighted by atomic mass is 16.6. The molecule has 0 atom stereocenters. The molecule has 0 amide bonds. The van der Waals surface area contributed by atoms with Crippen molar-refractivity contribution in [2.45, 2.75) is 637 Å². The second kappa shape index (κ2) is 51.3. The number of hydrogen-bond donors (Lipinski definition) is 4. The fourth-order valence-corrected chi connectivity index (χ4v) is 25.4. The molecule has 0 aromatic heterocycles. The molecule has 10 rings (SSSR count). The lowest BCUT2D eigenvalue weighted by atomic mass is 9.78. The summed E-state index contributed by atoms with van der Waals surface area (Å²) in [7, 11) is 8.71. The first-order chi connectivity index (χ1) is 63.4. The van der Waals surface area contributed by atoms with E-state index in [4.69, 9.17) is 28.4 Å². The van der Waals surface area contributed by atoms with Crippen LogP contribution < -0.4 is 26.2 Å². The first kappa shape index (κ1) is 127. The van der Waals surface area contributed by atoms with Gasteiger partial charge in [-0.1, -0.05) is 82.7 Å². The monoisotopic (exact) mass is 1970 g/mol. The zero-order valence-electron chi connectivity index (χ0n) is 98.6. The number of hydrogen-bond acceptors (Lipinski definition) is 21. The van der Waals surface area contributed by atoms with Crippen LogP contribution in [0.1, 0.15) is 501 Å². The molecule has 0 spiro atoms. The van der Waals surface area contributed by atoms with E-state index in [9.17, 15) is 28.8 Å². The summed E-state index contributed by atoms with van der Waals surface area (Å²) in [5.41, 5.74) is 4.51. The van der Waals surface area contributed by atoms with E-state index in [-0.39, 0.29) is 150 Å². The van der Waals surface area contributed by atoms with Crippen LogP contribution in [0.4, 0.5) is 5.69 Å². The summed E-state index contributed by atoms with van der Waals surface area (Å²) in [6.07, 6.45) is 36.3. The molecule has 9 saturated heterocycles. The lowest BCUT2D eigenvalue weighted by molar-refractivity contribution is -0.160. The van der Waals surface area contributed by atoms with Crippen LogP contribution in [-0.4, -0.2) is 220 Å². The Hall–Kier alpha value is -5.00. The second-order valence-electron chi connectivity index (χ2n) is 55.9. The molecule has 9 aliphatic rings. The number of benzene rings is 1. The van der Waals surface area contributed by atoms with E-state index in [1.54, 1.807) is 13.8 Å². The van der Waals surface area contributed by atoms with Crippen molar-refractivity contribution in [2.75, 3.05) is 33.1 Å². The van der Waals surface area contributed by atoms with Gasteiger partial charge in [-0.15, -0.1) is 0 Å². The lowest BCUT2D eigenvalue weighted by Crippen LogP contribution is -2.60. The number of para-hydroxylation sites is 1. The molecule has 21 nitrogen and oxygen atoms in total. The van der Waals surface area contributed by atoms with E-state index < -0.39 is 0 Å². The molecule has 0 unspecified atom stereocenters. The van der Waals surface area contributed by atoms with Crippen LogP contribution in [0.25, 0.3) is 0 Å². The van der Waals surface area contributed by atoms with Crippen molar-refractivity contribution in [3.05, 3.63) is 54.6 Å². The third-order valence-electron chi connectivity index (χ3n) is 32.2. The Morgan fingerprint density at radius 2 is 0.443 bits per heavy atom. The van der Waals surface area contributed by atoms with Gasteiger partial charge in [0.1, 0.15) is 36.6 Å². The molecule has 4 N–H and O–H groups in total. The summed E-state index contributed by atoms with van der Waals surface area (Å²) in [5, 5.41) is 14.4. The zero-order valence-corrected chi connectivity index (χ0v) is 98.6. The van der Waals surface area contributed by atoms with Gasteiger partial charge in [0.05, 0.1) is 0 Å². The van der Waals surface area contributed by atoms with Crippen LogP contribution >= 0.6 is 0 Å². The maximum atomic E-state index is 12.4. The number of nitrogens with zero attached hydrogens (tertiary/aromatic N) is 5. The van der Waals surface area contributed by atoms with Crippen LogP contribution in [0.15, 0.2) is 54.6 Å². The molecule has 1 aromatic carbocycles. The van der Waals surface area contributed by atoms with Crippen molar-refractivity contribution < 1.29 is 57.2 Å². The highest BCUT2D eigenvalue weighted by Crippen LogP contribution is 2.46. The minimum atomic E-state index is -0.279. The number of carbonyl (C=O) groups is 6. The molecule has 9 fully saturated rings. The molecule has 140 heavy (non-hydrogen) atoms. The number of nitrogens with one attached hydrogen (secondary N) is 4. The summed E-state index contributed by atoms with van der Waals surface area (Å²) in [5.74, 6) is -0.793. The lowest BCUT2D eigenvalue weighted by Gasteiger charge is -2.54. The molecule has 0 aliphatic carbocycles. The number of anilines is 1. The molecule has 812 valence electrons. The first-order valence-electron chi connectivity index (χ1n) is 54.9. The van der Waals surface area contributed by atoms with E-state index in [0.717, 1.165) is 154 Å². The fourth-order valence-electron chi connectivity index (χ4n) is 25.4. The van der Waals surface area contributed by atoms with Crippen LogP contribution in [0, 0.1) is 0 Å². The van der Waals surface area contributed by atoms with Crippen molar-refractivity contribution >= 4 is 41.5 Å².